The summed E-state index contributed by atoms with van der Waals surface area (Å²) in [5.41, 5.74) is 1.95. The van der Waals surface area contributed by atoms with Crippen LogP contribution >= 0.6 is 0 Å². The molecule has 0 bridgehead atoms. The number of nitrogens with zero attached hydrogens (tertiary/aromatic N) is 2. The molecule has 5 heteroatoms. The summed E-state index contributed by atoms with van der Waals surface area (Å²) in [6, 6.07) is 5.21. The number of hydrogen-bond donors (Lipinski definition) is 2. The molecule has 1 amide bonds. The fourth-order valence-electron chi connectivity index (χ4n) is 1.17. The molecule has 74 valence electrons. The first-order chi connectivity index (χ1) is 6.70. The van der Waals surface area contributed by atoms with E-state index in [9.17, 15) is 4.79 Å². The Labute approximate surface area is 82.0 Å². The summed E-state index contributed by atoms with van der Waals surface area (Å²) in [6.45, 7) is 1.80. The monoisotopic (exact) mass is 192 g/mol. The molecule has 0 saturated heterocycles. The lowest BCUT2D eigenvalue weighted by Crippen LogP contribution is -2.18. The number of benzene rings is 1. The molecule has 0 aromatic heterocycles. The average Bonchev–Trinajstić information content (AvgIpc) is 2.20. The molecule has 0 aliphatic rings. The molecular weight excluding hydrogens is 180 g/mol. The van der Waals surface area contributed by atoms with Crippen LogP contribution in [0.3, 0.4) is 0 Å². The topological polar surface area (TPSA) is 79.8 Å². The molecule has 1 aromatic carbocycles. The summed E-state index contributed by atoms with van der Waals surface area (Å²) in [5, 5.41) is 9.44. The number of carbonyl (C=O) groups excluding carboxylic acids is 1. The van der Waals surface area contributed by atoms with E-state index in [1.54, 1.807) is 32.2 Å². The van der Waals surface area contributed by atoms with E-state index in [2.05, 4.69) is 15.7 Å². The van der Waals surface area contributed by atoms with Gasteiger partial charge in [0.25, 0.3) is 5.91 Å². The van der Waals surface area contributed by atoms with Crippen molar-refractivity contribution in [1.82, 2.24) is 5.32 Å². The van der Waals surface area contributed by atoms with E-state index in [1.165, 1.54) is 0 Å². The first kappa shape index (κ1) is 10.2. The summed E-state index contributed by atoms with van der Waals surface area (Å²) in [7, 11) is 1.58. The number of amides is 1. The van der Waals surface area contributed by atoms with Crippen molar-refractivity contribution in [3.05, 3.63) is 29.3 Å². The van der Waals surface area contributed by atoms with Gasteiger partial charge in [0.05, 0.1) is 5.69 Å². The molecule has 0 heterocycles. The average molecular weight is 192 g/mol. The molecule has 0 aliphatic heterocycles. The Morgan fingerprint density at radius 1 is 1.50 bits per heavy atom. The number of rotatable bonds is 2. The van der Waals surface area contributed by atoms with Crippen molar-refractivity contribution < 1.29 is 4.79 Å². The summed E-state index contributed by atoms with van der Waals surface area (Å²) in [4.78, 5) is 11.4. The van der Waals surface area contributed by atoms with Gasteiger partial charge in [-0.05, 0) is 24.6 Å². The lowest BCUT2D eigenvalue weighted by Gasteiger charge is -2.05. The van der Waals surface area contributed by atoms with Crippen molar-refractivity contribution >= 4 is 11.6 Å². The number of nitrogens with one attached hydrogen (secondary N) is 1. The largest absolute Gasteiger partial charge is 0.355 e. The molecule has 3 N–H and O–H groups in total. The van der Waals surface area contributed by atoms with Gasteiger partial charge in [0.15, 0.2) is 0 Å². The van der Waals surface area contributed by atoms with Crippen LogP contribution in [0.25, 0.3) is 0 Å². The maximum atomic E-state index is 11.4. The number of carbonyl (C=O) groups is 1. The lowest BCUT2D eigenvalue weighted by atomic mass is 10.1. The van der Waals surface area contributed by atoms with Crippen LogP contribution in [0.5, 0.6) is 0 Å². The van der Waals surface area contributed by atoms with Crippen molar-refractivity contribution in [3.63, 3.8) is 0 Å². The molecule has 0 unspecified atom stereocenters. The fourth-order valence-corrected chi connectivity index (χ4v) is 1.17. The predicted molar refractivity (Wildman–Crippen MR) is 53.3 cm³/mol. The molecule has 5 nitrogen and oxygen atoms in total. The maximum Gasteiger partial charge on any atom is 0.251 e. The molecule has 0 radical (unpaired) electrons. The Balaban J connectivity index is 3.20. The van der Waals surface area contributed by atoms with E-state index in [1.807, 2.05) is 0 Å². The van der Waals surface area contributed by atoms with Crippen LogP contribution in [0.1, 0.15) is 15.9 Å². The molecule has 0 aliphatic carbocycles. The third-order valence-electron chi connectivity index (χ3n) is 1.94. The minimum atomic E-state index is -0.142. The highest BCUT2D eigenvalue weighted by atomic mass is 16.1. The molecule has 1 rings (SSSR count). The number of hydrogen-bond acceptors (Lipinski definition) is 3. The second-order valence-corrected chi connectivity index (χ2v) is 2.74. The molecule has 14 heavy (non-hydrogen) atoms. The van der Waals surface area contributed by atoms with Crippen molar-refractivity contribution in [2.45, 2.75) is 6.92 Å². The van der Waals surface area contributed by atoms with Crippen molar-refractivity contribution in [1.29, 1.82) is 0 Å². The standard InChI is InChI=1S/C9H12N4O/c1-6-7(9(14)11-2)4-3-5-8(6)12-13-10/h3-5H,1-2H3,(H2,10,12)(H,11,14). The van der Waals surface area contributed by atoms with Gasteiger partial charge in [-0.2, -0.15) is 0 Å². The van der Waals surface area contributed by atoms with Crippen LogP contribution in [0.2, 0.25) is 0 Å². The van der Waals surface area contributed by atoms with Crippen LogP contribution < -0.4 is 11.2 Å². The molecule has 0 atom stereocenters. The van der Waals surface area contributed by atoms with E-state index in [-0.39, 0.29) is 5.91 Å². The van der Waals surface area contributed by atoms with Crippen LogP contribution in [0.4, 0.5) is 5.69 Å². The van der Waals surface area contributed by atoms with E-state index < -0.39 is 0 Å². The minimum absolute atomic E-state index is 0.142. The second kappa shape index (κ2) is 4.36. The Morgan fingerprint density at radius 2 is 2.21 bits per heavy atom. The summed E-state index contributed by atoms with van der Waals surface area (Å²) < 4.78 is 0. The second-order valence-electron chi connectivity index (χ2n) is 2.74. The third-order valence-corrected chi connectivity index (χ3v) is 1.94. The fraction of sp³-hybridized carbons (Fsp3) is 0.222. The molecule has 0 spiro atoms. The zero-order chi connectivity index (χ0) is 10.6. The quantitative estimate of drug-likeness (QED) is 0.421. The van der Waals surface area contributed by atoms with Gasteiger partial charge in [-0.25, -0.2) is 0 Å². The summed E-state index contributed by atoms with van der Waals surface area (Å²) in [5.74, 6) is 4.80. The zero-order valence-corrected chi connectivity index (χ0v) is 8.11. The molecular formula is C9H12N4O. The minimum Gasteiger partial charge on any atom is -0.355 e. The summed E-state index contributed by atoms with van der Waals surface area (Å²) >= 11 is 0. The highest BCUT2D eigenvalue weighted by molar-refractivity contribution is 5.96. The van der Waals surface area contributed by atoms with Gasteiger partial charge in [-0.1, -0.05) is 11.3 Å². The first-order valence-electron chi connectivity index (χ1n) is 4.13. The predicted octanol–water partition coefficient (Wildman–Crippen LogP) is 1.31. The highest BCUT2D eigenvalue weighted by Gasteiger charge is 2.09. The third kappa shape index (κ3) is 1.87. The van der Waals surface area contributed by atoms with E-state index in [4.69, 9.17) is 5.84 Å². The summed E-state index contributed by atoms with van der Waals surface area (Å²) in [6.07, 6.45) is 0. The number of nitrogens with two attached hydrogens (primary N) is 1. The van der Waals surface area contributed by atoms with Crippen molar-refractivity contribution in [2.24, 2.45) is 16.2 Å². The lowest BCUT2D eigenvalue weighted by molar-refractivity contribution is 0.0962. The maximum absolute atomic E-state index is 11.4. The van der Waals surface area contributed by atoms with Gasteiger partial charge in [-0.3, -0.25) is 4.79 Å². The molecule has 1 aromatic rings. The van der Waals surface area contributed by atoms with Crippen molar-refractivity contribution in [2.75, 3.05) is 7.05 Å². The Hall–Kier alpha value is -1.91. The van der Waals surface area contributed by atoms with E-state index in [0.717, 1.165) is 5.56 Å². The van der Waals surface area contributed by atoms with Crippen LogP contribution in [0, 0.1) is 6.92 Å². The first-order valence-corrected chi connectivity index (χ1v) is 4.13. The van der Waals surface area contributed by atoms with Gasteiger partial charge >= 0.3 is 0 Å². The van der Waals surface area contributed by atoms with Gasteiger partial charge in [0, 0.05) is 12.6 Å². The Bertz CT molecular complexity index is 373. The van der Waals surface area contributed by atoms with Gasteiger partial charge in [-0.15, -0.1) is 5.11 Å². The van der Waals surface area contributed by atoms with E-state index in [0.29, 0.717) is 11.3 Å². The van der Waals surface area contributed by atoms with Gasteiger partial charge in [0.2, 0.25) is 0 Å². The smallest absolute Gasteiger partial charge is 0.251 e. The van der Waals surface area contributed by atoms with Gasteiger partial charge < -0.3 is 11.2 Å². The van der Waals surface area contributed by atoms with E-state index >= 15 is 0 Å². The SMILES string of the molecule is CNC(=O)c1cccc(N=NN)c1C. The molecule has 0 fully saturated rings. The van der Waals surface area contributed by atoms with Crippen LogP contribution in [-0.4, -0.2) is 13.0 Å². The molecule has 0 saturated carbocycles. The van der Waals surface area contributed by atoms with Gasteiger partial charge in [0.1, 0.15) is 0 Å². The van der Waals surface area contributed by atoms with Crippen LogP contribution in [-0.2, 0) is 0 Å². The Kier molecular flexibility index (Phi) is 3.17. The Morgan fingerprint density at radius 3 is 2.79 bits per heavy atom. The highest BCUT2D eigenvalue weighted by Crippen LogP contribution is 2.21. The van der Waals surface area contributed by atoms with Crippen LogP contribution in [0.15, 0.2) is 28.5 Å². The zero-order valence-electron chi connectivity index (χ0n) is 8.11. The normalized spacial score (nSPS) is 10.4. The van der Waals surface area contributed by atoms with Crippen molar-refractivity contribution in [3.8, 4) is 0 Å².